The van der Waals surface area contributed by atoms with Gasteiger partial charge in [-0.3, -0.25) is 4.90 Å². The molecular weight excluding hydrogens is 227 g/mol. The van der Waals surface area contributed by atoms with E-state index in [9.17, 15) is 4.39 Å². The first-order valence-electron chi connectivity index (χ1n) is 6.93. The van der Waals surface area contributed by atoms with Crippen LogP contribution in [0.3, 0.4) is 0 Å². The average Bonchev–Trinajstić information content (AvgIpc) is 2.61. The van der Waals surface area contributed by atoms with Crippen molar-refractivity contribution < 1.29 is 4.39 Å². The number of hydrogen-bond donors (Lipinski definition) is 0. The lowest BCUT2D eigenvalue weighted by molar-refractivity contribution is 0.177. The van der Waals surface area contributed by atoms with Gasteiger partial charge in [-0.1, -0.05) is 0 Å². The van der Waals surface area contributed by atoms with Crippen molar-refractivity contribution in [3.05, 3.63) is 30.1 Å². The molecule has 2 atom stereocenters. The molecule has 0 aliphatic carbocycles. The van der Waals surface area contributed by atoms with E-state index in [1.54, 1.807) is 12.1 Å². The van der Waals surface area contributed by atoms with Crippen LogP contribution < -0.4 is 4.90 Å². The lowest BCUT2D eigenvalue weighted by Crippen LogP contribution is -2.55. The molecule has 0 saturated carbocycles. The van der Waals surface area contributed by atoms with Crippen LogP contribution in [0.1, 0.15) is 26.7 Å². The van der Waals surface area contributed by atoms with Crippen molar-refractivity contribution in [1.29, 1.82) is 0 Å². The van der Waals surface area contributed by atoms with Gasteiger partial charge in [0.1, 0.15) is 5.82 Å². The molecule has 2 nitrogen and oxygen atoms in total. The molecule has 2 aliphatic rings. The van der Waals surface area contributed by atoms with E-state index in [-0.39, 0.29) is 5.82 Å². The Morgan fingerprint density at radius 1 is 1.06 bits per heavy atom. The van der Waals surface area contributed by atoms with Gasteiger partial charge in [0, 0.05) is 36.9 Å². The quantitative estimate of drug-likeness (QED) is 0.794. The Bertz CT molecular complexity index is 401. The molecule has 2 heterocycles. The Kier molecular flexibility index (Phi) is 3.02. The van der Waals surface area contributed by atoms with Crippen LogP contribution in [-0.2, 0) is 0 Å². The topological polar surface area (TPSA) is 6.48 Å². The normalized spacial score (nSPS) is 28.1. The molecule has 2 bridgehead atoms. The summed E-state index contributed by atoms with van der Waals surface area (Å²) in [5, 5.41) is 0. The molecule has 2 saturated heterocycles. The Morgan fingerprint density at radius 2 is 1.61 bits per heavy atom. The summed E-state index contributed by atoms with van der Waals surface area (Å²) < 4.78 is 13.0. The molecule has 98 valence electrons. The molecule has 0 radical (unpaired) electrons. The van der Waals surface area contributed by atoms with Gasteiger partial charge in [-0.25, -0.2) is 4.39 Å². The van der Waals surface area contributed by atoms with Crippen molar-refractivity contribution >= 4 is 5.69 Å². The number of anilines is 1. The van der Waals surface area contributed by atoms with E-state index in [4.69, 9.17) is 0 Å². The SMILES string of the molecule is CC(C)N1CC2CCC(C1)N2c1ccc(F)cc1. The van der Waals surface area contributed by atoms with Crippen LogP contribution in [0.5, 0.6) is 0 Å². The highest BCUT2D eigenvalue weighted by atomic mass is 19.1. The summed E-state index contributed by atoms with van der Waals surface area (Å²) in [6.07, 6.45) is 2.54. The van der Waals surface area contributed by atoms with Gasteiger partial charge in [0.05, 0.1) is 0 Å². The summed E-state index contributed by atoms with van der Waals surface area (Å²) >= 11 is 0. The van der Waals surface area contributed by atoms with Gasteiger partial charge >= 0.3 is 0 Å². The smallest absolute Gasteiger partial charge is 0.123 e. The zero-order valence-corrected chi connectivity index (χ0v) is 11.1. The lowest BCUT2D eigenvalue weighted by atomic mass is 10.1. The number of halogens is 1. The van der Waals surface area contributed by atoms with E-state index in [2.05, 4.69) is 23.6 Å². The Hall–Kier alpha value is -1.09. The van der Waals surface area contributed by atoms with Gasteiger partial charge in [0.2, 0.25) is 0 Å². The van der Waals surface area contributed by atoms with Crippen LogP contribution in [-0.4, -0.2) is 36.1 Å². The molecule has 18 heavy (non-hydrogen) atoms. The van der Waals surface area contributed by atoms with E-state index in [1.165, 1.54) is 18.5 Å². The summed E-state index contributed by atoms with van der Waals surface area (Å²) in [4.78, 5) is 5.08. The van der Waals surface area contributed by atoms with Crippen LogP contribution >= 0.6 is 0 Å². The molecule has 0 spiro atoms. The summed E-state index contributed by atoms with van der Waals surface area (Å²) in [7, 11) is 0. The predicted octanol–water partition coefficient (Wildman–Crippen LogP) is 2.89. The summed E-state index contributed by atoms with van der Waals surface area (Å²) in [5.41, 5.74) is 1.19. The molecule has 2 fully saturated rings. The molecule has 1 aromatic rings. The minimum Gasteiger partial charge on any atom is -0.363 e. The molecule has 2 aliphatic heterocycles. The molecule has 0 aromatic heterocycles. The highest BCUT2D eigenvalue weighted by molar-refractivity contribution is 5.50. The number of benzene rings is 1. The maximum atomic E-state index is 13.0. The van der Waals surface area contributed by atoms with Gasteiger partial charge in [0.15, 0.2) is 0 Å². The maximum Gasteiger partial charge on any atom is 0.123 e. The number of likely N-dealkylation sites (tertiary alicyclic amines) is 1. The highest BCUT2D eigenvalue weighted by Gasteiger charge is 2.40. The van der Waals surface area contributed by atoms with Crippen LogP contribution in [0.4, 0.5) is 10.1 Å². The monoisotopic (exact) mass is 248 g/mol. The largest absolute Gasteiger partial charge is 0.363 e. The molecule has 1 aromatic carbocycles. The first kappa shape index (κ1) is 12.0. The highest BCUT2D eigenvalue weighted by Crippen LogP contribution is 2.35. The second-order valence-corrected chi connectivity index (χ2v) is 5.82. The summed E-state index contributed by atoms with van der Waals surface area (Å²) in [5.74, 6) is -0.146. The number of nitrogens with zero attached hydrogens (tertiary/aromatic N) is 2. The van der Waals surface area contributed by atoms with E-state index >= 15 is 0 Å². The predicted molar refractivity (Wildman–Crippen MR) is 72.4 cm³/mol. The maximum absolute atomic E-state index is 13.0. The fourth-order valence-corrected chi connectivity index (χ4v) is 3.39. The summed E-state index contributed by atoms with van der Waals surface area (Å²) in [6.45, 7) is 6.83. The first-order chi connectivity index (χ1) is 8.65. The third-order valence-corrected chi connectivity index (χ3v) is 4.37. The Morgan fingerprint density at radius 3 is 2.11 bits per heavy atom. The average molecular weight is 248 g/mol. The summed E-state index contributed by atoms with van der Waals surface area (Å²) in [6, 6.07) is 8.83. The van der Waals surface area contributed by atoms with Crippen molar-refractivity contribution in [3.8, 4) is 0 Å². The number of fused-ring (bicyclic) bond motifs is 2. The van der Waals surface area contributed by atoms with Crippen LogP contribution in [0, 0.1) is 5.82 Å². The second kappa shape index (κ2) is 4.54. The van der Waals surface area contributed by atoms with Crippen molar-refractivity contribution in [2.45, 2.75) is 44.8 Å². The zero-order valence-electron chi connectivity index (χ0n) is 11.1. The first-order valence-corrected chi connectivity index (χ1v) is 6.93. The van der Waals surface area contributed by atoms with Crippen molar-refractivity contribution in [1.82, 2.24) is 4.90 Å². The minimum absolute atomic E-state index is 0.146. The van der Waals surface area contributed by atoms with Crippen LogP contribution in [0.25, 0.3) is 0 Å². The number of piperazine rings is 1. The lowest BCUT2D eigenvalue weighted by Gasteiger charge is -2.44. The molecular formula is C15H21FN2. The molecule has 0 amide bonds. The molecule has 3 heteroatoms. The number of rotatable bonds is 2. The third kappa shape index (κ3) is 2.01. The van der Waals surface area contributed by atoms with Gasteiger partial charge < -0.3 is 4.90 Å². The third-order valence-electron chi connectivity index (χ3n) is 4.37. The van der Waals surface area contributed by atoms with Gasteiger partial charge in [-0.2, -0.15) is 0 Å². The van der Waals surface area contributed by atoms with E-state index in [0.29, 0.717) is 18.1 Å². The standard InChI is InChI=1S/C15H21FN2/c1-11(2)17-9-14-7-8-15(10-17)18(14)13-5-3-12(16)4-6-13/h3-6,11,14-15H,7-10H2,1-2H3. The minimum atomic E-state index is -0.146. The van der Waals surface area contributed by atoms with Gasteiger partial charge in [-0.05, 0) is 51.0 Å². The Labute approximate surface area is 108 Å². The molecule has 2 unspecified atom stereocenters. The number of hydrogen-bond acceptors (Lipinski definition) is 2. The van der Waals surface area contributed by atoms with Gasteiger partial charge in [-0.15, -0.1) is 0 Å². The molecule has 3 rings (SSSR count). The van der Waals surface area contributed by atoms with Crippen molar-refractivity contribution in [2.24, 2.45) is 0 Å². The second-order valence-electron chi connectivity index (χ2n) is 5.82. The van der Waals surface area contributed by atoms with Gasteiger partial charge in [0.25, 0.3) is 0 Å². The molecule has 0 N–H and O–H groups in total. The fourth-order valence-electron chi connectivity index (χ4n) is 3.39. The van der Waals surface area contributed by atoms with E-state index in [1.807, 2.05) is 12.1 Å². The van der Waals surface area contributed by atoms with Crippen LogP contribution in [0.2, 0.25) is 0 Å². The van der Waals surface area contributed by atoms with Crippen molar-refractivity contribution in [2.75, 3.05) is 18.0 Å². The fraction of sp³-hybridized carbons (Fsp3) is 0.600. The van der Waals surface area contributed by atoms with Crippen molar-refractivity contribution in [3.63, 3.8) is 0 Å². The van der Waals surface area contributed by atoms with Crippen LogP contribution in [0.15, 0.2) is 24.3 Å². The Balaban J connectivity index is 1.81. The van der Waals surface area contributed by atoms with E-state index < -0.39 is 0 Å². The van der Waals surface area contributed by atoms with E-state index in [0.717, 1.165) is 13.1 Å². The zero-order chi connectivity index (χ0) is 12.7.